The van der Waals surface area contributed by atoms with Crippen LogP contribution in [0.15, 0.2) is 48.7 Å². The molecule has 108 valence electrons. The van der Waals surface area contributed by atoms with E-state index in [4.69, 9.17) is 5.84 Å². The van der Waals surface area contributed by atoms with Gasteiger partial charge in [0.05, 0.1) is 11.6 Å². The van der Waals surface area contributed by atoms with E-state index in [2.05, 4.69) is 53.7 Å². The zero-order valence-corrected chi connectivity index (χ0v) is 12.9. The molecule has 2 aromatic heterocycles. The molecule has 0 aliphatic rings. The molecule has 1 aromatic carbocycles. The van der Waals surface area contributed by atoms with Crippen molar-refractivity contribution in [3.8, 4) is 0 Å². The number of benzene rings is 1. The quantitative estimate of drug-likeness (QED) is 0.559. The van der Waals surface area contributed by atoms with Crippen molar-refractivity contribution in [3.05, 3.63) is 64.0 Å². The number of nitrogens with zero attached hydrogens (tertiary/aromatic N) is 1. The van der Waals surface area contributed by atoms with Crippen LogP contribution in [0.1, 0.15) is 28.3 Å². The highest BCUT2D eigenvalue weighted by Gasteiger charge is 2.12. The molecule has 3 nitrogen and oxygen atoms in total. The van der Waals surface area contributed by atoms with E-state index in [1.165, 1.54) is 15.3 Å². The molecule has 0 spiro atoms. The minimum atomic E-state index is 0.123. The highest BCUT2D eigenvalue weighted by molar-refractivity contribution is 7.11. The maximum Gasteiger partial charge on any atom is 0.0702 e. The molecule has 0 bridgehead atoms. The Morgan fingerprint density at radius 3 is 2.81 bits per heavy atom. The zero-order valence-electron chi connectivity index (χ0n) is 12.0. The van der Waals surface area contributed by atoms with Gasteiger partial charge in [-0.05, 0) is 42.3 Å². The smallest absolute Gasteiger partial charge is 0.0702 e. The van der Waals surface area contributed by atoms with Gasteiger partial charge in [-0.3, -0.25) is 16.3 Å². The molecule has 0 radical (unpaired) electrons. The second-order valence-electron chi connectivity index (χ2n) is 5.10. The molecule has 0 aliphatic heterocycles. The first-order valence-electron chi connectivity index (χ1n) is 7.18. The Kier molecular flexibility index (Phi) is 4.29. The van der Waals surface area contributed by atoms with E-state index in [0.717, 1.165) is 23.7 Å². The van der Waals surface area contributed by atoms with Crippen molar-refractivity contribution in [2.45, 2.75) is 25.8 Å². The summed E-state index contributed by atoms with van der Waals surface area (Å²) in [4.78, 5) is 7.14. The predicted octanol–water partition coefficient (Wildman–Crippen LogP) is 3.61. The molecular weight excluding hydrogens is 278 g/mol. The van der Waals surface area contributed by atoms with E-state index in [-0.39, 0.29) is 6.04 Å². The Morgan fingerprint density at radius 2 is 2.05 bits per heavy atom. The molecule has 0 aliphatic carbocycles. The summed E-state index contributed by atoms with van der Waals surface area (Å²) in [7, 11) is 0. The first-order chi connectivity index (χ1) is 10.3. The summed E-state index contributed by atoms with van der Waals surface area (Å²) in [6.45, 7) is 2.19. The second kappa shape index (κ2) is 6.35. The SMILES string of the molecule is CCc1ccc(CC(NN)c2ccc3ncccc3c2)s1. The van der Waals surface area contributed by atoms with Gasteiger partial charge in [0.15, 0.2) is 0 Å². The Morgan fingerprint density at radius 1 is 1.19 bits per heavy atom. The fourth-order valence-electron chi connectivity index (χ4n) is 2.51. The van der Waals surface area contributed by atoms with Crippen molar-refractivity contribution in [2.75, 3.05) is 0 Å². The summed E-state index contributed by atoms with van der Waals surface area (Å²) in [5.41, 5.74) is 5.16. The highest BCUT2D eigenvalue weighted by atomic mass is 32.1. The molecule has 3 N–H and O–H groups in total. The fourth-order valence-corrected chi connectivity index (χ4v) is 3.51. The molecular formula is C17H19N3S. The third-order valence-corrected chi connectivity index (χ3v) is 4.95. The lowest BCUT2D eigenvalue weighted by Crippen LogP contribution is -2.29. The summed E-state index contributed by atoms with van der Waals surface area (Å²) < 4.78 is 0. The normalized spacial score (nSPS) is 12.7. The number of hydrogen-bond donors (Lipinski definition) is 2. The van der Waals surface area contributed by atoms with Gasteiger partial charge in [0.25, 0.3) is 0 Å². The van der Waals surface area contributed by atoms with Crippen molar-refractivity contribution in [1.82, 2.24) is 10.4 Å². The molecule has 0 fully saturated rings. The minimum Gasteiger partial charge on any atom is -0.271 e. The Balaban J connectivity index is 1.86. The lowest BCUT2D eigenvalue weighted by molar-refractivity contribution is 0.556. The standard InChI is InChI=1S/C17H19N3S/c1-2-14-6-7-15(21-14)11-17(20-18)13-5-8-16-12(10-13)4-3-9-19-16/h3-10,17,20H,2,11,18H2,1H3. The molecule has 0 saturated heterocycles. The van der Waals surface area contributed by atoms with Gasteiger partial charge in [-0.15, -0.1) is 11.3 Å². The van der Waals surface area contributed by atoms with Crippen LogP contribution in [0.5, 0.6) is 0 Å². The first kappa shape index (κ1) is 14.2. The van der Waals surface area contributed by atoms with E-state index < -0.39 is 0 Å². The summed E-state index contributed by atoms with van der Waals surface area (Å²) in [6.07, 6.45) is 3.82. The number of aromatic nitrogens is 1. The molecule has 1 atom stereocenters. The minimum absolute atomic E-state index is 0.123. The number of aryl methyl sites for hydroxylation is 1. The summed E-state index contributed by atoms with van der Waals surface area (Å²) in [6, 6.07) is 14.9. The first-order valence-corrected chi connectivity index (χ1v) is 8.00. The molecule has 3 rings (SSSR count). The van der Waals surface area contributed by atoms with Crippen LogP contribution in [0, 0.1) is 0 Å². The van der Waals surface area contributed by atoms with Gasteiger partial charge in [0.2, 0.25) is 0 Å². The van der Waals surface area contributed by atoms with E-state index in [9.17, 15) is 0 Å². The lowest BCUT2D eigenvalue weighted by atomic mass is 10.0. The third-order valence-electron chi connectivity index (χ3n) is 3.70. The largest absolute Gasteiger partial charge is 0.271 e. The molecule has 0 saturated carbocycles. The average molecular weight is 297 g/mol. The number of fused-ring (bicyclic) bond motifs is 1. The van der Waals surface area contributed by atoms with Crippen molar-refractivity contribution < 1.29 is 0 Å². The van der Waals surface area contributed by atoms with E-state index in [1.54, 1.807) is 0 Å². The molecule has 4 heteroatoms. The number of nitrogens with two attached hydrogens (primary N) is 1. The third kappa shape index (κ3) is 3.13. The van der Waals surface area contributed by atoms with Gasteiger partial charge in [-0.1, -0.05) is 19.1 Å². The Bertz CT molecular complexity index is 735. The monoisotopic (exact) mass is 297 g/mol. The molecule has 2 heterocycles. The molecule has 21 heavy (non-hydrogen) atoms. The Hall–Kier alpha value is -1.75. The maximum atomic E-state index is 5.78. The van der Waals surface area contributed by atoms with Gasteiger partial charge < -0.3 is 0 Å². The number of pyridine rings is 1. The topological polar surface area (TPSA) is 50.9 Å². The fraction of sp³-hybridized carbons (Fsp3) is 0.235. The van der Waals surface area contributed by atoms with Crippen LogP contribution in [-0.4, -0.2) is 4.98 Å². The van der Waals surface area contributed by atoms with Crippen molar-refractivity contribution in [2.24, 2.45) is 5.84 Å². The van der Waals surface area contributed by atoms with Crippen molar-refractivity contribution in [3.63, 3.8) is 0 Å². The number of hydrogen-bond acceptors (Lipinski definition) is 4. The van der Waals surface area contributed by atoms with Gasteiger partial charge in [0.1, 0.15) is 0 Å². The Labute approximate surface area is 128 Å². The second-order valence-corrected chi connectivity index (χ2v) is 6.35. The number of hydrazine groups is 1. The molecule has 1 unspecified atom stereocenters. The van der Waals surface area contributed by atoms with Gasteiger partial charge in [-0.25, -0.2) is 0 Å². The average Bonchev–Trinajstić information content (AvgIpc) is 3.00. The van der Waals surface area contributed by atoms with Crippen LogP contribution in [0.3, 0.4) is 0 Å². The van der Waals surface area contributed by atoms with Gasteiger partial charge in [-0.2, -0.15) is 0 Å². The summed E-state index contributed by atoms with van der Waals surface area (Å²) in [5.74, 6) is 5.78. The van der Waals surface area contributed by atoms with Crippen LogP contribution in [-0.2, 0) is 12.8 Å². The van der Waals surface area contributed by atoms with Crippen molar-refractivity contribution >= 4 is 22.2 Å². The number of nitrogens with one attached hydrogen (secondary N) is 1. The zero-order chi connectivity index (χ0) is 14.7. The predicted molar refractivity (Wildman–Crippen MR) is 89.2 cm³/mol. The van der Waals surface area contributed by atoms with E-state index >= 15 is 0 Å². The van der Waals surface area contributed by atoms with Gasteiger partial charge in [0, 0.05) is 27.8 Å². The van der Waals surface area contributed by atoms with E-state index in [0.29, 0.717) is 0 Å². The van der Waals surface area contributed by atoms with Crippen LogP contribution in [0.25, 0.3) is 10.9 Å². The van der Waals surface area contributed by atoms with E-state index in [1.807, 2.05) is 23.6 Å². The number of thiophene rings is 1. The molecule has 0 amide bonds. The van der Waals surface area contributed by atoms with Crippen LogP contribution in [0.2, 0.25) is 0 Å². The summed E-state index contributed by atoms with van der Waals surface area (Å²) >= 11 is 1.87. The van der Waals surface area contributed by atoms with Crippen LogP contribution >= 0.6 is 11.3 Å². The van der Waals surface area contributed by atoms with Crippen LogP contribution < -0.4 is 11.3 Å². The highest BCUT2D eigenvalue weighted by Crippen LogP contribution is 2.25. The van der Waals surface area contributed by atoms with Gasteiger partial charge >= 0.3 is 0 Å². The maximum absolute atomic E-state index is 5.78. The summed E-state index contributed by atoms with van der Waals surface area (Å²) in [5, 5.41) is 1.15. The molecule has 3 aromatic rings. The lowest BCUT2D eigenvalue weighted by Gasteiger charge is -2.16. The van der Waals surface area contributed by atoms with Crippen molar-refractivity contribution in [1.29, 1.82) is 0 Å². The van der Waals surface area contributed by atoms with Crippen LogP contribution in [0.4, 0.5) is 0 Å². The number of rotatable bonds is 5.